The number of carboxylic acids is 2. The number of aliphatic hydroxyl groups excluding tert-OH is 1. The van der Waals surface area contributed by atoms with Crippen LogP contribution < -0.4 is 19.5 Å². The summed E-state index contributed by atoms with van der Waals surface area (Å²) in [5.74, 6) is -5.45. The molecule has 2 atom stereocenters. The van der Waals surface area contributed by atoms with Crippen molar-refractivity contribution >= 4 is 11.9 Å². The largest absolute Gasteiger partial charge is 0.491 e. The van der Waals surface area contributed by atoms with Crippen molar-refractivity contribution < 1.29 is 39.1 Å². The van der Waals surface area contributed by atoms with Crippen molar-refractivity contribution in [2.75, 3.05) is 13.2 Å². The fourth-order valence-corrected chi connectivity index (χ4v) is 3.42. The highest BCUT2D eigenvalue weighted by Crippen LogP contribution is 2.40. The monoisotopic (exact) mass is 457 g/mol. The van der Waals surface area contributed by atoms with Crippen LogP contribution in [0.1, 0.15) is 18.1 Å². The Morgan fingerprint density at radius 3 is 2.55 bits per heavy atom. The van der Waals surface area contributed by atoms with Crippen LogP contribution in [0.3, 0.4) is 0 Å². The zero-order chi connectivity index (χ0) is 24.0. The van der Waals surface area contributed by atoms with Crippen molar-refractivity contribution in [3.63, 3.8) is 0 Å². The summed E-state index contributed by atoms with van der Waals surface area (Å²) in [7, 11) is 0. The average molecular weight is 457 g/mol. The van der Waals surface area contributed by atoms with E-state index in [0.717, 1.165) is 11.1 Å². The minimum atomic E-state index is -2.78. The van der Waals surface area contributed by atoms with E-state index in [1.807, 2.05) is 31.2 Å². The summed E-state index contributed by atoms with van der Waals surface area (Å²) in [5.41, 5.74) is 1.78. The van der Waals surface area contributed by atoms with E-state index in [-0.39, 0.29) is 24.1 Å². The first-order valence-electron chi connectivity index (χ1n) is 10.5. The van der Waals surface area contributed by atoms with Crippen molar-refractivity contribution in [1.82, 2.24) is 5.32 Å². The fraction of sp³-hybridized carbons (Fsp3) is 0.333. The number of rotatable bonds is 12. The summed E-state index contributed by atoms with van der Waals surface area (Å²) in [5, 5.41) is 31.9. The number of aliphatic carboxylic acids is 2. The van der Waals surface area contributed by atoms with Crippen LogP contribution >= 0.6 is 0 Å². The Balaban J connectivity index is 1.50. The summed E-state index contributed by atoms with van der Waals surface area (Å²) < 4.78 is 15.9. The maximum atomic E-state index is 11.4. The molecule has 0 saturated carbocycles. The van der Waals surface area contributed by atoms with Gasteiger partial charge in [-0.1, -0.05) is 30.3 Å². The molecule has 0 bridgehead atoms. The third kappa shape index (κ3) is 5.63. The number of nitrogens with one attached hydrogen (secondary N) is 1. The van der Waals surface area contributed by atoms with Crippen LogP contribution in [-0.2, 0) is 22.4 Å². The first-order chi connectivity index (χ1) is 15.7. The molecule has 2 unspecified atom stereocenters. The minimum Gasteiger partial charge on any atom is -0.491 e. The molecule has 4 N–H and O–H groups in total. The smallest absolute Gasteiger partial charge is 0.453 e. The van der Waals surface area contributed by atoms with Gasteiger partial charge in [0.15, 0.2) is 11.5 Å². The number of hydrogen-bond donors (Lipinski definition) is 4. The number of benzene rings is 2. The molecule has 2 aromatic rings. The molecule has 0 radical (unpaired) electrons. The number of carboxylic acid groups (broad SMARTS) is 2. The topological polar surface area (TPSA) is 135 Å². The second-order valence-corrected chi connectivity index (χ2v) is 7.79. The van der Waals surface area contributed by atoms with Crippen LogP contribution in [-0.4, -0.2) is 58.3 Å². The van der Waals surface area contributed by atoms with Crippen molar-refractivity contribution in [2.24, 2.45) is 0 Å². The summed E-state index contributed by atoms with van der Waals surface area (Å²) in [6, 6.07) is 12.3. The summed E-state index contributed by atoms with van der Waals surface area (Å²) in [6.07, 6.45) is 2.27. The lowest BCUT2D eigenvalue weighted by atomic mass is 10.1. The van der Waals surface area contributed by atoms with E-state index in [4.69, 9.17) is 14.2 Å². The molecular weight excluding hydrogens is 430 g/mol. The average Bonchev–Trinajstić information content (AvgIpc) is 3.18. The molecule has 0 amide bonds. The number of hydrogen-bond acceptors (Lipinski definition) is 7. The SMILES string of the molecule is C=CCc1ccccc1OCC(O)CNC(C)Cc1ccc2c(c1)OC(C(=O)O)(C(=O)O)O2. The van der Waals surface area contributed by atoms with Crippen molar-refractivity contribution in [2.45, 2.75) is 37.7 Å². The molecule has 3 rings (SSSR count). The summed E-state index contributed by atoms with van der Waals surface area (Å²) >= 11 is 0. The highest BCUT2D eigenvalue weighted by atomic mass is 16.8. The Hall–Kier alpha value is -3.56. The van der Waals surface area contributed by atoms with Gasteiger partial charge in [0.05, 0.1) is 0 Å². The summed E-state index contributed by atoms with van der Waals surface area (Å²) in [4.78, 5) is 22.7. The van der Waals surface area contributed by atoms with Crippen LogP contribution in [0.2, 0.25) is 0 Å². The maximum absolute atomic E-state index is 11.4. The molecule has 1 aliphatic heterocycles. The first kappa shape index (κ1) is 24.1. The van der Waals surface area contributed by atoms with Crippen molar-refractivity contribution in [3.8, 4) is 17.2 Å². The second kappa shape index (κ2) is 10.4. The van der Waals surface area contributed by atoms with Gasteiger partial charge in [-0.05, 0) is 49.1 Å². The predicted molar refractivity (Wildman–Crippen MR) is 119 cm³/mol. The van der Waals surface area contributed by atoms with Gasteiger partial charge in [-0.25, -0.2) is 9.59 Å². The lowest BCUT2D eigenvalue weighted by Crippen LogP contribution is -2.54. The molecule has 9 heteroatoms. The van der Waals surface area contributed by atoms with Gasteiger partial charge in [0.1, 0.15) is 18.5 Å². The Morgan fingerprint density at radius 1 is 1.15 bits per heavy atom. The van der Waals surface area contributed by atoms with E-state index < -0.39 is 23.8 Å². The number of fused-ring (bicyclic) bond motifs is 1. The maximum Gasteiger partial charge on any atom is 0.453 e. The number of allylic oxidation sites excluding steroid dienone is 1. The van der Waals surface area contributed by atoms with E-state index in [2.05, 4.69) is 11.9 Å². The molecule has 0 saturated heterocycles. The predicted octanol–water partition coefficient (Wildman–Crippen LogP) is 2.01. The standard InChI is InChI=1S/C24H27NO8/c1-3-6-17-7-4-5-8-19(17)31-14-18(26)13-25-15(2)11-16-9-10-20-21(12-16)33-24(32-20,22(27)28)23(29)30/h3-5,7-10,12,15,18,25-26H,1,6,11,13-14H2,2H3,(H,27,28)(H,29,30). The molecule has 0 spiro atoms. The van der Waals surface area contributed by atoms with Gasteiger partial charge in [-0.2, -0.15) is 0 Å². The second-order valence-electron chi connectivity index (χ2n) is 7.79. The number of aliphatic hydroxyl groups is 1. The molecule has 1 heterocycles. The van der Waals surface area contributed by atoms with E-state index in [0.29, 0.717) is 25.1 Å². The normalized spacial score (nSPS) is 15.5. The number of para-hydroxylation sites is 1. The molecule has 0 aromatic heterocycles. The molecule has 176 valence electrons. The van der Waals surface area contributed by atoms with Crippen LogP contribution in [0.4, 0.5) is 0 Å². The Kier molecular flexibility index (Phi) is 7.57. The molecule has 0 fully saturated rings. The van der Waals surface area contributed by atoms with E-state index >= 15 is 0 Å². The van der Waals surface area contributed by atoms with E-state index in [9.17, 15) is 24.9 Å². The number of ether oxygens (including phenoxy) is 3. The van der Waals surface area contributed by atoms with E-state index in [1.165, 1.54) is 6.07 Å². The first-order valence-corrected chi connectivity index (χ1v) is 10.5. The highest BCUT2D eigenvalue weighted by molar-refractivity contribution is 6.01. The Labute approximate surface area is 191 Å². The fourth-order valence-electron chi connectivity index (χ4n) is 3.42. The quantitative estimate of drug-likeness (QED) is 0.279. The van der Waals surface area contributed by atoms with Gasteiger partial charge in [-0.3, -0.25) is 0 Å². The third-order valence-electron chi connectivity index (χ3n) is 5.09. The lowest BCUT2D eigenvalue weighted by Gasteiger charge is -2.18. The van der Waals surface area contributed by atoms with Crippen molar-refractivity contribution in [3.05, 3.63) is 66.2 Å². The number of carbonyl (C=O) groups is 2. The van der Waals surface area contributed by atoms with Crippen LogP contribution in [0.5, 0.6) is 17.2 Å². The molecule has 9 nitrogen and oxygen atoms in total. The zero-order valence-corrected chi connectivity index (χ0v) is 18.2. The molecular formula is C24H27NO8. The van der Waals surface area contributed by atoms with Gasteiger partial charge in [0.25, 0.3) is 0 Å². The minimum absolute atomic E-state index is 0.0446. The van der Waals surface area contributed by atoms with Crippen LogP contribution in [0.25, 0.3) is 0 Å². The molecule has 2 aromatic carbocycles. The van der Waals surface area contributed by atoms with Gasteiger partial charge >= 0.3 is 17.7 Å². The molecule has 33 heavy (non-hydrogen) atoms. The third-order valence-corrected chi connectivity index (χ3v) is 5.09. The van der Waals surface area contributed by atoms with Gasteiger partial charge < -0.3 is 34.8 Å². The highest BCUT2D eigenvalue weighted by Gasteiger charge is 2.57. The van der Waals surface area contributed by atoms with Crippen LogP contribution in [0.15, 0.2) is 55.1 Å². The van der Waals surface area contributed by atoms with Crippen LogP contribution in [0, 0.1) is 0 Å². The Morgan fingerprint density at radius 2 is 1.85 bits per heavy atom. The van der Waals surface area contributed by atoms with Gasteiger partial charge in [0, 0.05) is 12.6 Å². The zero-order valence-electron chi connectivity index (χ0n) is 18.2. The van der Waals surface area contributed by atoms with E-state index in [1.54, 1.807) is 18.2 Å². The summed E-state index contributed by atoms with van der Waals surface area (Å²) in [6.45, 7) is 6.09. The molecule has 1 aliphatic rings. The lowest BCUT2D eigenvalue weighted by molar-refractivity contribution is -0.194. The Bertz CT molecular complexity index is 1010. The van der Waals surface area contributed by atoms with Crippen molar-refractivity contribution in [1.29, 1.82) is 0 Å². The van der Waals surface area contributed by atoms with Gasteiger partial charge in [0.2, 0.25) is 0 Å². The molecule has 0 aliphatic carbocycles. The van der Waals surface area contributed by atoms with Gasteiger partial charge in [-0.15, -0.1) is 6.58 Å².